The average Bonchev–Trinajstić information content (AvgIpc) is 3.13. The van der Waals surface area contributed by atoms with Gasteiger partial charge in [-0.1, -0.05) is 226 Å². The molecule has 0 heterocycles. The molecule has 8 nitrogen and oxygen atoms in total. The summed E-state index contributed by atoms with van der Waals surface area (Å²) in [5.74, 6) is -0.864. The van der Waals surface area contributed by atoms with Crippen molar-refractivity contribution in [2.75, 3.05) is 13.2 Å². The van der Waals surface area contributed by atoms with Gasteiger partial charge >= 0.3 is 19.8 Å². The summed E-state index contributed by atoms with van der Waals surface area (Å²) in [6, 6.07) is 0. The van der Waals surface area contributed by atoms with E-state index < -0.39 is 32.5 Å². The zero-order chi connectivity index (χ0) is 38.9. The van der Waals surface area contributed by atoms with E-state index in [4.69, 9.17) is 19.3 Å². The molecule has 1 atom stereocenters. The highest BCUT2D eigenvalue weighted by molar-refractivity contribution is 7.46. The van der Waals surface area contributed by atoms with E-state index >= 15 is 0 Å². The summed E-state index contributed by atoms with van der Waals surface area (Å²) in [5, 5.41) is 0. The van der Waals surface area contributed by atoms with Crippen LogP contribution in [0.1, 0.15) is 251 Å². The lowest BCUT2D eigenvalue weighted by Crippen LogP contribution is -2.29. The maximum absolute atomic E-state index is 12.4. The number of esters is 2. The van der Waals surface area contributed by atoms with Gasteiger partial charge in [0.1, 0.15) is 6.61 Å². The Morgan fingerprint density at radius 2 is 0.679 bits per heavy atom. The van der Waals surface area contributed by atoms with Gasteiger partial charge < -0.3 is 19.3 Å². The van der Waals surface area contributed by atoms with Crippen LogP contribution in [0.4, 0.5) is 0 Å². The first kappa shape index (κ1) is 52.0. The topological polar surface area (TPSA) is 119 Å². The van der Waals surface area contributed by atoms with Gasteiger partial charge in [-0.15, -0.1) is 0 Å². The van der Waals surface area contributed by atoms with E-state index in [0.29, 0.717) is 6.42 Å². The molecule has 0 spiro atoms. The van der Waals surface area contributed by atoms with E-state index in [0.717, 1.165) is 32.1 Å². The molecule has 0 aliphatic carbocycles. The molecule has 2 N–H and O–H groups in total. The Labute approximate surface area is 327 Å². The van der Waals surface area contributed by atoms with E-state index in [2.05, 4.69) is 18.4 Å². The van der Waals surface area contributed by atoms with Crippen molar-refractivity contribution in [3.05, 3.63) is 0 Å². The van der Waals surface area contributed by atoms with E-state index in [1.54, 1.807) is 0 Å². The minimum atomic E-state index is -4.75. The average molecular weight is 775 g/mol. The third kappa shape index (κ3) is 43.6. The Kier molecular flexibility index (Phi) is 40.0. The normalized spacial score (nSPS) is 12.3. The van der Waals surface area contributed by atoms with Crippen molar-refractivity contribution in [1.82, 2.24) is 0 Å². The molecule has 0 aliphatic heterocycles. The highest BCUT2D eigenvalue weighted by Gasteiger charge is 2.23. The molecule has 0 saturated heterocycles. The van der Waals surface area contributed by atoms with Crippen LogP contribution < -0.4 is 0 Å². The summed E-state index contributed by atoms with van der Waals surface area (Å²) in [6.45, 7) is 3.73. The Morgan fingerprint density at radius 1 is 0.415 bits per heavy atom. The van der Waals surface area contributed by atoms with E-state index in [-0.39, 0.29) is 19.4 Å². The van der Waals surface area contributed by atoms with Gasteiger partial charge in [-0.05, 0) is 12.8 Å². The van der Waals surface area contributed by atoms with Crippen molar-refractivity contribution in [3.63, 3.8) is 0 Å². The van der Waals surface area contributed by atoms with Crippen LogP contribution in [0.3, 0.4) is 0 Å². The Bertz CT molecular complexity index is 832. The zero-order valence-corrected chi connectivity index (χ0v) is 35.8. The van der Waals surface area contributed by atoms with Crippen molar-refractivity contribution < 1.29 is 37.9 Å². The molecule has 0 radical (unpaired) electrons. The molecule has 0 aromatic carbocycles. The number of phosphoric ester groups is 1. The molecule has 0 unspecified atom stereocenters. The molecular formula is C44H87O8P. The van der Waals surface area contributed by atoms with Crippen LogP contribution in [0, 0.1) is 0 Å². The van der Waals surface area contributed by atoms with Crippen molar-refractivity contribution in [2.24, 2.45) is 0 Å². The molecule has 0 bridgehead atoms. The van der Waals surface area contributed by atoms with Crippen LogP contribution in [0.15, 0.2) is 0 Å². The molecule has 0 fully saturated rings. The molecule has 0 aliphatic rings. The van der Waals surface area contributed by atoms with Crippen LogP contribution in [0.25, 0.3) is 0 Å². The van der Waals surface area contributed by atoms with Gasteiger partial charge in [-0.3, -0.25) is 14.1 Å². The van der Waals surface area contributed by atoms with Crippen molar-refractivity contribution >= 4 is 19.8 Å². The third-order valence-corrected chi connectivity index (χ3v) is 10.9. The summed E-state index contributed by atoms with van der Waals surface area (Å²) in [4.78, 5) is 42.9. The first-order valence-electron chi connectivity index (χ1n) is 22.8. The van der Waals surface area contributed by atoms with Crippen LogP contribution in [0.5, 0.6) is 0 Å². The number of ether oxygens (including phenoxy) is 2. The first-order chi connectivity index (χ1) is 25.8. The monoisotopic (exact) mass is 775 g/mol. The van der Waals surface area contributed by atoms with E-state index in [9.17, 15) is 14.2 Å². The molecule has 9 heteroatoms. The first-order valence-corrected chi connectivity index (χ1v) is 24.4. The summed E-state index contributed by atoms with van der Waals surface area (Å²) in [5.41, 5.74) is 0. The van der Waals surface area contributed by atoms with Gasteiger partial charge in [0.25, 0.3) is 0 Å². The molecule has 0 rings (SSSR count). The third-order valence-electron chi connectivity index (χ3n) is 10.4. The van der Waals surface area contributed by atoms with E-state index in [1.807, 2.05) is 0 Å². The minimum absolute atomic E-state index is 0.221. The van der Waals surface area contributed by atoms with E-state index in [1.165, 1.54) is 186 Å². The Hall–Kier alpha value is -0.950. The summed E-state index contributed by atoms with van der Waals surface area (Å²) < 4.78 is 26.5. The second-order valence-corrected chi connectivity index (χ2v) is 17.0. The van der Waals surface area contributed by atoms with Gasteiger partial charge in [-0.25, -0.2) is 4.57 Å². The highest BCUT2D eigenvalue weighted by Crippen LogP contribution is 2.36. The molecule has 0 saturated carbocycles. The van der Waals surface area contributed by atoms with Gasteiger partial charge in [0, 0.05) is 12.8 Å². The van der Waals surface area contributed by atoms with Crippen molar-refractivity contribution in [2.45, 2.75) is 258 Å². The van der Waals surface area contributed by atoms with Gasteiger partial charge in [0.05, 0.1) is 6.61 Å². The fourth-order valence-electron chi connectivity index (χ4n) is 6.96. The predicted molar refractivity (Wildman–Crippen MR) is 221 cm³/mol. The quantitative estimate of drug-likeness (QED) is 0.0357. The molecular weight excluding hydrogens is 687 g/mol. The Balaban J connectivity index is 3.82. The SMILES string of the molecule is CCCCCCCCCCCCCCCCCCCCC(=O)O[C@H](COC(=O)CCCCCCCCCCCCCCCCCCC)COP(=O)(O)O. The van der Waals surface area contributed by atoms with Gasteiger partial charge in [0.2, 0.25) is 0 Å². The minimum Gasteiger partial charge on any atom is -0.462 e. The van der Waals surface area contributed by atoms with Crippen LogP contribution in [-0.4, -0.2) is 41.0 Å². The fraction of sp³-hybridized carbons (Fsp3) is 0.955. The second-order valence-electron chi connectivity index (χ2n) is 15.7. The number of unbranched alkanes of at least 4 members (excludes halogenated alkanes) is 33. The molecule has 0 aromatic rings. The number of carbonyl (C=O) groups is 2. The standard InChI is InChI=1S/C44H87O8P/c1-3-5-7-9-11-13-15-17-19-21-23-25-27-29-31-33-35-37-39-44(46)52-42(41-51-53(47,48)49)40-50-43(45)38-36-34-32-30-28-26-24-22-20-18-16-14-12-10-8-6-4-2/h42H,3-41H2,1-2H3,(H2,47,48,49)/t42-/m1/s1. The number of carbonyl (C=O) groups excluding carboxylic acids is 2. The second kappa shape index (κ2) is 40.7. The maximum atomic E-state index is 12.4. The van der Waals surface area contributed by atoms with Crippen LogP contribution >= 0.6 is 7.82 Å². The zero-order valence-electron chi connectivity index (χ0n) is 34.9. The highest BCUT2D eigenvalue weighted by atomic mass is 31.2. The number of hydrogen-bond acceptors (Lipinski definition) is 6. The number of hydrogen-bond donors (Lipinski definition) is 2. The summed E-state index contributed by atoms with van der Waals surface area (Å²) in [6.07, 6.45) is 44.0. The summed E-state index contributed by atoms with van der Waals surface area (Å²) >= 11 is 0. The summed E-state index contributed by atoms with van der Waals surface area (Å²) in [7, 11) is -4.75. The Morgan fingerprint density at radius 3 is 0.962 bits per heavy atom. The lowest BCUT2D eigenvalue weighted by atomic mass is 10.0. The molecule has 0 amide bonds. The largest absolute Gasteiger partial charge is 0.469 e. The smallest absolute Gasteiger partial charge is 0.462 e. The molecule has 316 valence electrons. The number of phosphoric acid groups is 1. The van der Waals surface area contributed by atoms with Crippen molar-refractivity contribution in [1.29, 1.82) is 0 Å². The predicted octanol–water partition coefficient (Wildman–Crippen LogP) is 14.0. The molecule has 53 heavy (non-hydrogen) atoms. The van der Waals surface area contributed by atoms with Crippen LogP contribution in [0.2, 0.25) is 0 Å². The lowest BCUT2D eigenvalue weighted by Gasteiger charge is -2.18. The van der Waals surface area contributed by atoms with Gasteiger partial charge in [-0.2, -0.15) is 0 Å². The molecule has 0 aromatic heterocycles. The fourth-order valence-corrected chi connectivity index (χ4v) is 7.32. The van der Waals surface area contributed by atoms with Crippen molar-refractivity contribution in [3.8, 4) is 0 Å². The lowest BCUT2D eigenvalue weighted by molar-refractivity contribution is -0.161. The maximum Gasteiger partial charge on any atom is 0.469 e. The number of rotatable bonds is 43. The van der Waals surface area contributed by atoms with Crippen LogP contribution in [-0.2, 0) is 28.2 Å². The van der Waals surface area contributed by atoms with Gasteiger partial charge in [0.15, 0.2) is 6.10 Å².